The van der Waals surface area contributed by atoms with E-state index in [0.717, 1.165) is 12.8 Å². The molecule has 0 bridgehead atoms. The maximum Gasteiger partial charge on any atom is 0.328 e. The zero-order valence-electron chi connectivity index (χ0n) is 10.6. The number of aliphatic hydroxyl groups excluding tert-OH is 1. The van der Waals surface area contributed by atoms with Crippen LogP contribution < -0.4 is 5.32 Å². The second kappa shape index (κ2) is 7.89. The monoisotopic (exact) mass is 246 g/mol. The Morgan fingerprint density at radius 2 is 1.94 bits per heavy atom. The summed E-state index contributed by atoms with van der Waals surface area (Å²) >= 11 is 0. The number of hydrogen-bond donors (Lipinski definition) is 3. The van der Waals surface area contributed by atoms with Crippen molar-refractivity contribution in [2.24, 2.45) is 0 Å². The first-order valence-electron chi connectivity index (χ1n) is 5.90. The minimum absolute atomic E-state index is 0.450. The Hall–Kier alpha value is -1.30. The number of aliphatic carboxylic acids is 1. The van der Waals surface area contributed by atoms with Gasteiger partial charge in [-0.1, -0.05) is 13.3 Å². The second-order valence-corrected chi connectivity index (χ2v) is 3.94. The molecule has 3 N–H and O–H groups in total. The van der Waals surface area contributed by atoms with Crippen LogP contribution in [0.3, 0.4) is 0 Å². The van der Waals surface area contributed by atoms with E-state index in [9.17, 15) is 14.7 Å². The van der Waals surface area contributed by atoms with Crippen molar-refractivity contribution in [3.05, 3.63) is 0 Å². The van der Waals surface area contributed by atoms with Gasteiger partial charge in [-0.3, -0.25) is 0 Å². The molecule has 0 aromatic rings. The second-order valence-electron chi connectivity index (χ2n) is 3.94. The molecule has 0 aliphatic rings. The van der Waals surface area contributed by atoms with Crippen molar-refractivity contribution < 1.29 is 19.8 Å². The molecule has 0 radical (unpaired) electrons. The minimum Gasteiger partial charge on any atom is -0.480 e. The fraction of sp³-hybridized carbons (Fsp3) is 0.818. The van der Waals surface area contributed by atoms with Crippen LogP contribution in [0.25, 0.3) is 0 Å². The molecule has 0 rings (SSSR count). The van der Waals surface area contributed by atoms with Gasteiger partial charge in [-0.2, -0.15) is 0 Å². The van der Waals surface area contributed by atoms with Gasteiger partial charge in [0.1, 0.15) is 0 Å². The zero-order valence-corrected chi connectivity index (χ0v) is 10.6. The standard InChI is InChI=1S/C11H22N2O4/c1-4-6-7-13(5-2)11(17)12-9(8(3)14)10(15)16/h8-9,14H,4-7H2,1-3H3,(H,12,17)(H,15,16). The summed E-state index contributed by atoms with van der Waals surface area (Å²) in [6.45, 7) is 6.28. The molecule has 0 saturated heterocycles. The molecule has 0 aromatic heterocycles. The molecular formula is C11H22N2O4. The number of carboxylic acids is 1. The first kappa shape index (κ1) is 15.7. The predicted octanol–water partition coefficient (Wildman–Crippen LogP) is 0.652. The predicted molar refractivity (Wildman–Crippen MR) is 63.8 cm³/mol. The largest absolute Gasteiger partial charge is 0.480 e. The topological polar surface area (TPSA) is 89.9 Å². The van der Waals surface area contributed by atoms with Crippen molar-refractivity contribution in [1.82, 2.24) is 10.2 Å². The summed E-state index contributed by atoms with van der Waals surface area (Å²) in [5.41, 5.74) is 0. The normalized spacial score (nSPS) is 13.9. The molecule has 2 atom stereocenters. The van der Waals surface area contributed by atoms with Crippen LogP contribution in [0, 0.1) is 0 Å². The number of nitrogens with zero attached hydrogens (tertiary/aromatic N) is 1. The number of unbranched alkanes of at least 4 members (excludes halogenated alkanes) is 1. The lowest BCUT2D eigenvalue weighted by atomic mass is 10.2. The average Bonchev–Trinajstić information content (AvgIpc) is 2.26. The number of carboxylic acid groups (broad SMARTS) is 1. The van der Waals surface area contributed by atoms with Crippen molar-refractivity contribution >= 4 is 12.0 Å². The van der Waals surface area contributed by atoms with Crippen LogP contribution in [-0.4, -0.2) is 52.3 Å². The molecule has 17 heavy (non-hydrogen) atoms. The highest BCUT2D eigenvalue weighted by Gasteiger charge is 2.26. The molecular weight excluding hydrogens is 224 g/mol. The summed E-state index contributed by atoms with van der Waals surface area (Å²) in [7, 11) is 0. The van der Waals surface area contributed by atoms with Crippen LogP contribution >= 0.6 is 0 Å². The first-order valence-corrected chi connectivity index (χ1v) is 5.90. The van der Waals surface area contributed by atoms with Crippen molar-refractivity contribution in [2.75, 3.05) is 13.1 Å². The minimum atomic E-state index is -1.27. The van der Waals surface area contributed by atoms with Gasteiger partial charge in [-0.05, 0) is 20.3 Å². The lowest BCUT2D eigenvalue weighted by molar-refractivity contribution is -0.141. The Morgan fingerprint density at radius 1 is 1.35 bits per heavy atom. The molecule has 0 saturated carbocycles. The number of amides is 2. The number of urea groups is 1. The third kappa shape index (κ3) is 5.53. The van der Waals surface area contributed by atoms with Gasteiger partial charge in [0.2, 0.25) is 0 Å². The molecule has 6 heteroatoms. The molecule has 0 aliphatic heterocycles. The highest BCUT2D eigenvalue weighted by molar-refractivity contribution is 5.83. The molecule has 0 aromatic carbocycles. The van der Waals surface area contributed by atoms with E-state index in [1.54, 1.807) is 0 Å². The van der Waals surface area contributed by atoms with Gasteiger partial charge in [0.05, 0.1) is 6.10 Å². The van der Waals surface area contributed by atoms with Crippen molar-refractivity contribution in [1.29, 1.82) is 0 Å². The lowest BCUT2D eigenvalue weighted by Crippen LogP contribution is -2.52. The Morgan fingerprint density at radius 3 is 2.29 bits per heavy atom. The molecule has 2 amide bonds. The molecule has 2 unspecified atom stereocenters. The van der Waals surface area contributed by atoms with Crippen LogP contribution in [0.15, 0.2) is 0 Å². The van der Waals surface area contributed by atoms with Gasteiger partial charge < -0.3 is 20.4 Å². The summed E-state index contributed by atoms with van der Waals surface area (Å²) in [5, 5.41) is 20.4. The molecule has 6 nitrogen and oxygen atoms in total. The summed E-state index contributed by atoms with van der Waals surface area (Å²) in [6, 6.07) is -1.72. The van der Waals surface area contributed by atoms with Gasteiger partial charge in [0.15, 0.2) is 6.04 Å². The third-order valence-electron chi connectivity index (χ3n) is 2.48. The average molecular weight is 246 g/mol. The number of carbonyl (C=O) groups excluding carboxylic acids is 1. The van der Waals surface area contributed by atoms with E-state index in [2.05, 4.69) is 5.32 Å². The Bertz CT molecular complexity index is 256. The fourth-order valence-electron chi connectivity index (χ4n) is 1.37. The fourth-order valence-corrected chi connectivity index (χ4v) is 1.37. The van der Waals surface area contributed by atoms with Gasteiger partial charge >= 0.3 is 12.0 Å². The summed E-state index contributed by atoms with van der Waals surface area (Å²) < 4.78 is 0. The van der Waals surface area contributed by atoms with E-state index in [4.69, 9.17) is 5.11 Å². The molecule has 0 spiro atoms. The Labute approximate surface area is 102 Å². The summed E-state index contributed by atoms with van der Waals surface area (Å²) in [5.74, 6) is -1.24. The zero-order chi connectivity index (χ0) is 13.4. The van der Waals surface area contributed by atoms with Crippen LogP contribution in [0.1, 0.15) is 33.6 Å². The quantitative estimate of drug-likeness (QED) is 0.615. The number of nitrogens with one attached hydrogen (secondary N) is 1. The van der Waals surface area contributed by atoms with Gasteiger partial charge in [0, 0.05) is 13.1 Å². The number of carbonyl (C=O) groups is 2. The Kier molecular flexibility index (Phi) is 7.29. The number of hydrogen-bond acceptors (Lipinski definition) is 3. The van der Waals surface area contributed by atoms with E-state index in [0.29, 0.717) is 13.1 Å². The highest BCUT2D eigenvalue weighted by Crippen LogP contribution is 1.99. The lowest BCUT2D eigenvalue weighted by Gasteiger charge is -2.24. The molecule has 0 fully saturated rings. The van der Waals surface area contributed by atoms with Crippen molar-refractivity contribution in [3.8, 4) is 0 Å². The van der Waals surface area contributed by atoms with Crippen LogP contribution in [0.2, 0.25) is 0 Å². The van der Waals surface area contributed by atoms with E-state index >= 15 is 0 Å². The summed E-state index contributed by atoms with van der Waals surface area (Å²) in [6.07, 6.45) is 0.706. The van der Waals surface area contributed by atoms with Crippen molar-refractivity contribution in [2.45, 2.75) is 45.8 Å². The third-order valence-corrected chi connectivity index (χ3v) is 2.48. The van der Waals surface area contributed by atoms with Gasteiger partial charge in [0.25, 0.3) is 0 Å². The van der Waals surface area contributed by atoms with E-state index in [1.807, 2.05) is 13.8 Å². The number of aliphatic hydroxyl groups is 1. The van der Waals surface area contributed by atoms with Crippen molar-refractivity contribution in [3.63, 3.8) is 0 Å². The van der Waals surface area contributed by atoms with Gasteiger partial charge in [-0.15, -0.1) is 0 Å². The molecule has 100 valence electrons. The van der Waals surface area contributed by atoms with E-state index < -0.39 is 24.1 Å². The smallest absolute Gasteiger partial charge is 0.328 e. The van der Waals surface area contributed by atoms with E-state index in [1.165, 1.54) is 11.8 Å². The number of rotatable bonds is 7. The van der Waals surface area contributed by atoms with E-state index in [-0.39, 0.29) is 0 Å². The Balaban J connectivity index is 4.41. The maximum absolute atomic E-state index is 11.7. The molecule has 0 heterocycles. The highest BCUT2D eigenvalue weighted by atomic mass is 16.4. The van der Waals surface area contributed by atoms with Crippen LogP contribution in [0.4, 0.5) is 4.79 Å². The maximum atomic E-state index is 11.7. The summed E-state index contributed by atoms with van der Waals surface area (Å²) in [4.78, 5) is 24.1. The van der Waals surface area contributed by atoms with Gasteiger partial charge in [-0.25, -0.2) is 9.59 Å². The van der Waals surface area contributed by atoms with Crippen LogP contribution in [0.5, 0.6) is 0 Å². The van der Waals surface area contributed by atoms with Crippen LogP contribution in [-0.2, 0) is 4.79 Å². The molecule has 0 aliphatic carbocycles. The SMILES string of the molecule is CCCCN(CC)C(=O)NC(C(=O)O)C(C)O. The first-order chi connectivity index (χ1) is 7.93.